The van der Waals surface area contributed by atoms with Crippen LogP contribution in [0.1, 0.15) is 5.56 Å². The lowest BCUT2D eigenvalue weighted by Crippen LogP contribution is -2.08. The van der Waals surface area contributed by atoms with Crippen LogP contribution >= 0.6 is 0 Å². The van der Waals surface area contributed by atoms with E-state index in [1.807, 2.05) is 73.7 Å². The quantitative estimate of drug-likeness (QED) is 0.298. The fourth-order valence-corrected chi connectivity index (χ4v) is 5.66. The van der Waals surface area contributed by atoms with Crippen LogP contribution in [-0.4, -0.2) is 31.8 Å². The average Bonchev–Trinajstić information content (AvgIpc) is 3.29. The highest BCUT2D eigenvalue weighted by molar-refractivity contribution is 7.85. The van der Waals surface area contributed by atoms with E-state index in [0.29, 0.717) is 21.2 Å². The Labute approximate surface area is 202 Å². The highest BCUT2D eigenvalue weighted by Crippen LogP contribution is 2.30. The molecule has 1 heterocycles. The molecular formula is C26H22N2O4S2. The lowest BCUT2D eigenvalue weighted by atomic mass is 10.1. The Morgan fingerprint density at radius 3 is 2.50 bits per heavy atom. The molecule has 2 unspecified atom stereocenters. The standard InChI is InChI=1S/C26H22N2O4S2/c1-18-9-12-21(13-10-18)34(30)32-16-15-31-20-11-14-24-23(17-20)26(28-27-24)33(29)25-8-4-6-19-5-2-3-7-22(19)25/h2-14,17H,15-16H2,1H3,(H,27,28). The highest BCUT2D eigenvalue weighted by atomic mass is 32.2. The van der Waals surface area contributed by atoms with Gasteiger partial charge in [-0.2, -0.15) is 5.10 Å². The van der Waals surface area contributed by atoms with Gasteiger partial charge in [0.15, 0.2) is 11.1 Å². The molecule has 8 heteroatoms. The summed E-state index contributed by atoms with van der Waals surface area (Å²) in [5, 5.41) is 10.5. The van der Waals surface area contributed by atoms with E-state index in [-0.39, 0.29) is 13.2 Å². The van der Waals surface area contributed by atoms with Gasteiger partial charge in [-0.15, -0.1) is 0 Å². The van der Waals surface area contributed by atoms with E-state index >= 15 is 0 Å². The molecule has 5 aromatic rings. The van der Waals surface area contributed by atoms with Gasteiger partial charge in [0.05, 0.1) is 21.9 Å². The minimum atomic E-state index is -1.54. The lowest BCUT2D eigenvalue weighted by molar-refractivity contribution is 0.231. The molecule has 0 spiro atoms. The van der Waals surface area contributed by atoms with E-state index in [2.05, 4.69) is 10.2 Å². The zero-order valence-corrected chi connectivity index (χ0v) is 20.0. The topological polar surface area (TPSA) is 81.3 Å². The lowest BCUT2D eigenvalue weighted by Gasteiger charge is -2.08. The Bertz CT molecular complexity index is 1510. The molecule has 0 radical (unpaired) electrons. The number of ether oxygens (including phenoxy) is 1. The number of fused-ring (bicyclic) bond motifs is 2. The molecule has 0 saturated heterocycles. The second kappa shape index (κ2) is 9.89. The highest BCUT2D eigenvalue weighted by Gasteiger charge is 2.17. The van der Waals surface area contributed by atoms with Crippen molar-refractivity contribution in [3.63, 3.8) is 0 Å². The van der Waals surface area contributed by atoms with E-state index < -0.39 is 21.9 Å². The summed E-state index contributed by atoms with van der Waals surface area (Å²) >= 11 is -1.54. The van der Waals surface area contributed by atoms with Crippen molar-refractivity contribution in [3.05, 3.63) is 90.5 Å². The smallest absolute Gasteiger partial charge is 0.189 e. The van der Waals surface area contributed by atoms with Gasteiger partial charge in [0.2, 0.25) is 0 Å². The van der Waals surface area contributed by atoms with Crippen LogP contribution in [0.15, 0.2) is 99.7 Å². The van der Waals surface area contributed by atoms with Crippen LogP contribution in [0.2, 0.25) is 0 Å². The minimum absolute atomic E-state index is 0.165. The normalized spacial score (nSPS) is 13.2. The van der Waals surface area contributed by atoms with Crippen molar-refractivity contribution in [2.75, 3.05) is 13.2 Å². The molecule has 172 valence electrons. The van der Waals surface area contributed by atoms with E-state index in [1.54, 1.807) is 18.2 Å². The van der Waals surface area contributed by atoms with Gasteiger partial charge in [-0.05, 0) is 54.1 Å². The van der Waals surface area contributed by atoms with Crippen LogP contribution < -0.4 is 4.74 Å². The van der Waals surface area contributed by atoms with Gasteiger partial charge in [-0.3, -0.25) is 9.28 Å². The van der Waals surface area contributed by atoms with Crippen LogP contribution in [0.5, 0.6) is 5.75 Å². The van der Waals surface area contributed by atoms with Crippen molar-refractivity contribution in [1.82, 2.24) is 10.2 Å². The SMILES string of the molecule is Cc1ccc(S(=O)OCCOc2ccc3n[nH]c(S(=O)c4cccc5ccccc45)c3c2)cc1. The van der Waals surface area contributed by atoms with E-state index in [1.165, 1.54) is 0 Å². The first-order valence-corrected chi connectivity index (χ1v) is 12.9. The summed E-state index contributed by atoms with van der Waals surface area (Å²) in [6.45, 7) is 2.36. The maximum absolute atomic E-state index is 13.5. The van der Waals surface area contributed by atoms with Crippen molar-refractivity contribution in [1.29, 1.82) is 0 Å². The number of aromatic nitrogens is 2. The summed E-state index contributed by atoms with van der Waals surface area (Å²) in [6, 6.07) is 26.4. The molecule has 0 bridgehead atoms. The van der Waals surface area contributed by atoms with Crippen molar-refractivity contribution in [3.8, 4) is 5.75 Å². The van der Waals surface area contributed by atoms with Crippen molar-refractivity contribution < 1.29 is 17.3 Å². The number of nitrogens with zero attached hydrogens (tertiary/aromatic N) is 1. The molecule has 0 aliphatic heterocycles. The molecule has 0 aliphatic carbocycles. The molecule has 34 heavy (non-hydrogen) atoms. The van der Waals surface area contributed by atoms with Crippen LogP contribution in [0.3, 0.4) is 0 Å². The number of aromatic amines is 1. The summed E-state index contributed by atoms with van der Waals surface area (Å²) < 4.78 is 36.9. The fourth-order valence-electron chi connectivity index (χ4n) is 3.65. The molecule has 5 rings (SSSR count). The van der Waals surface area contributed by atoms with Crippen molar-refractivity contribution in [2.24, 2.45) is 0 Å². The molecule has 1 N–H and O–H groups in total. The van der Waals surface area contributed by atoms with Crippen LogP contribution in [-0.2, 0) is 26.1 Å². The number of rotatable bonds is 8. The maximum atomic E-state index is 13.5. The van der Waals surface area contributed by atoms with Gasteiger partial charge in [0.1, 0.15) is 28.2 Å². The van der Waals surface area contributed by atoms with E-state index in [4.69, 9.17) is 8.92 Å². The Kier molecular flexibility index (Phi) is 6.53. The second-order valence-corrected chi connectivity index (χ2v) is 10.3. The third kappa shape index (κ3) is 4.65. The molecule has 0 fully saturated rings. The summed E-state index contributed by atoms with van der Waals surface area (Å²) in [7, 11) is -1.45. The molecule has 4 aromatic carbocycles. The summed E-state index contributed by atoms with van der Waals surface area (Å²) in [6.07, 6.45) is 0. The monoisotopic (exact) mass is 490 g/mol. The van der Waals surface area contributed by atoms with Crippen molar-refractivity contribution in [2.45, 2.75) is 21.7 Å². The molecular weight excluding hydrogens is 468 g/mol. The third-order valence-corrected chi connectivity index (χ3v) is 7.86. The number of hydrogen-bond donors (Lipinski definition) is 1. The zero-order chi connectivity index (χ0) is 23.5. The molecule has 1 aromatic heterocycles. The number of H-pyrrole nitrogens is 1. The molecule has 6 nitrogen and oxygen atoms in total. The van der Waals surface area contributed by atoms with Crippen LogP contribution in [0.4, 0.5) is 0 Å². The summed E-state index contributed by atoms with van der Waals surface area (Å²) in [5.41, 5.74) is 1.80. The Morgan fingerprint density at radius 2 is 1.65 bits per heavy atom. The van der Waals surface area contributed by atoms with E-state index in [0.717, 1.165) is 26.6 Å². The van der Waals surface area contributed by atoms with Crippen LogP contribution in [0, 0.1) is 6.92 Å². The largest absolute Gasteiger partial charge is 0.491 e. The number of aryl methyl sites for hydroxylation is 1. The molecule has 2 atom stereocenters. The average molecular weight is 491 g/mol. The van der Waals surface area contributed by atoms with Gasteiger partial charge < -0.3 is 4.74 Å². The zero-order valence-electron chi connectivity index (χ0n) is 18.4. The first-order chi connectivity index (χ1) is 16.6. The van der Waals surface area contributed by atoms with Gasteiger partial charge in [0.25, 0.3) is 0 Å². The number of nitrogens with one attached hydrogen (secondary N) is 1. The van der Waals surface area contributed by atoms with Gasteiger partial charge in [-0.1, -0.05) is 54.1 Å². The Balaban J connectivity index is 1.30. The Morgan fingerprint density at radius 1 is 0.853 bits per heavy atom. The van der Waals surface area contributed by atoms with Crippen molar-refractivity contribution >= 4 is 43.6 Å². The van der Waals surface area contributed by atoms with Crippen LogP contribution in [0.25, 0.3) is 21.7 Å². The molecule has 0 amide bonds. The van der Waals surface area contributed by atoms with Gasteiger partial charge in [-0.25, -0.2) is 8.42 Å². The molecule has 0 aliphatic rings. The fraction of sp³-hybridized carbons (Fsp3) is 0.115. The molecule has 0 saturated carbocycles. The Hall–Kier alpha value is -3.33. The first kappa shape index (κ1) is 22.5. The predicted molar refractivity (Wildman–Crippen MR) is 134 cm³/mol. The minimum Gasteiger partial charge on any atom is -0.491 e. The summed E-state index contributed by atoms with van der Waals surface area (Å²) in [4.78, 5) is 1.34. The second-order valence-electron chi connectivity index (χ2n) is 7.70. The maximum Gasteiger partial charge on any atom is 0.189 e. The van der Waals surface area contributed by atoms with E-state index in [9.17, 15) is 8.42 Å². The van der Waals surface area contributed by atoms with Gasteiger partial charge in [0, 0.05) is 5.39 Å². The number of benzene rings is 4. The summed E-state index contributed by atoms with van der Waals surface area (Å²) in [5.74, 6) is 0.592. The van der Waals surface area contributed by atoms with Gasteiger partial charge >= 0.3 is 0 Å². The number of hydrogen-bond acceptors (Lipinski definition) is 5. The first-order valence-electron chi connectivity index (χ1n) is 10.7. The predicted octanol–water partition coefficient (Wildman–Crippen LogP) is 5.31. The third-order valence-electron chi connectivity index (χ3n) is 5.38.